The number of carbonyl (C=O) groups excluding carboxylic acids is 1. The van der Waals surface area contributed by atoms with Gasteiger partial charge in [-0.1, -0.05) is 39.2 Å². The molecule has 3 aromatic rings. The number of nitrogens with one attached hydrogen (secondary N) is 4. The maximum Gasteiger partial charge on any atom is 0.303 e. The first-order valence-electron chi connectivity index (χ1n) is 18.3. The van der Waals surface area contributed by atoms with E-state index in [1.165, 1.54) is 0 Å². The van der Waals surface area contributed by atoms with Gasteiger partial charge in [0.2, 0.25) is 5.91 Å². The molecule has 0 fully saturated rings. The normalized spacial score (nSPS) is 12.9. The summed E-state index contributed by atoms with van der Waals surface area (Å²) < 4.78 is 0. The molecular formula is C42H53N7O3. The van der Waals surface area contributed by atoms with E-state index in [0.717, 1.165) is 110 Å². The molecule has 5 N–H and O–H groups in total. The Hall–Kier alpha value is -5.06. The number of hydrogen-bond acceptors (Lipinski definition) is 6. The predicted octanol–water partition coefficient (Wildman–Crippen LogP) is 7.77. The minimum absolute atomic E-state index is 0.0173. The number of hydrogen-bond donors (Lipinski definition) is 5. The second kappa shape index (κ2) is 17.0. The van der Waals surface area contributed by atoms with Gasteiger partial charge >= 0.3 is 5.97 Å². The summed E-state index contributed by atoms with van der Waals surface area (Å²) in [7, 11) is 0. The third-order valence-corrected chi connectivity index (χ3v) is 10.4. The summed E-state index contributed by atoms with van der Waals surface area (Å²) in [6, 6.07) is 8.12. The van der Waals surface area contributed by atoms with E-state index in [9.17, 15) is 14.7 Å². The van der Waals surface area contributed by atoms with Crippen LogP contribution in [0.1, 0.15) is 98.4 Å². The Labute approximate surface area is 306 Å². The molecule has 5 rings (SSSR count). The summed E-state index contributed by atoms with van der Waals surface area (Å²) >= 11 is 0. The number of aromatic amines is 2. The first-order chi connectivity index (χ1) is 25.0. The van der Waals surface area contributed by atoms with Crippen molar-refractivity contribution in [3.8, 4) is 0 Å². The molecule has 0 unspecified atom stereocenters. The lowest BCUT2D eigenvalue weighted by molar-refractivity contribution is -0.136. The number of allylic oxidation sites excluding steroid dienone is 4. The van der Waals surface area contributed by atoms with E-state index in [0.29, 0.717) is 38.0 Å². The van der Waals surface area contributed by atoms with E-state index in [-0.39, 0.29) is 12.3 Å². The number of nitrogens with zero attached hydrogens (tertiary/aromatic N) is 3. The van der Waals surface area contributed by atoms with Crippen LogP contribution in [0.4, 0.5) is 0 Å². The Morgan fingerprint density at radius 1 is 0.731 bits per heavy atom. The van der Waals surface area contributed by atoms with Crippen molar-refractivity contribution in [3.63, 3.8) is 0 Å². The van der Waals surface area contributed by atoms with E-state index >= 15 is 0 Å². The third kappa shape index (κ3) is 8.35. The van der Waals surface area contributed by atoms with Gasteiger partial charge in [-0.3, -0.25) is 9.59 Å². The smallest absolute Gasteiger partial charge is 0.303 e. The molecule has 8 bridgehead atoms. The van der Waals surface area contributed by atoms with Crippen LogP contribution in [-0.4, -0.2) is 81.1 Å². The first kappa shape index (κ1) is 38.2. The largest absolute Gasteiger partial charge is 0.481 e. The molecular weight excluding hydrogens is 651 g/mol. The Morgan fingerprint density at radius 2 is 1.25 bits per heavy atom. The van der Waals surface area contributed by atoms with Crippen LogP contribution in [0.3, 0.4) is 0 Å². The number of carbonyl (C=O) groups is 2. The van der Waals surface area contributed by atoms with Crippen molar-refractivity contribution >= 4 is 68.4 Å². The van der Waals surface area contributed by atoms with E-state index < -0.39 is 5.97 Å². The number of H-pyrrole nitrogens is 2. The molecule has 2 aliphatic rings. The average Bonchev–Trinajstić information content (AvgIpc) is 3.78. The fraction of sp³-hybridized carbons (Fsp3) is 0.381. The van der Waals surface area contributed by atoms with E-state index in [2.05, 4.69) is 72.4 Å². The molecule has 1 amide bonds. The van der Waals surface area contributed by atoms with Gasteiger partial charge in [0, 0.05) is 72.2 Å². The number of aryl methyl sites for hydroxylation is 2. The van der Waals surface area contributed by atoms with Crippen LogP contribution < -0.4 is 10.6 Å². The molecule has 3 aromatic heterocycles. The van der Waals surface area contributed by atoms with Gasteiger partial charge in [-0.05, 0) is 111 Å². The molecule has 0 saturated heterocycles. The van der Waals surface area contributed by atoms with E-state index in [4.69, 9.17) is 9.97 Å². The zero-order chi connectivity index (χ0) is 37.5. The molecule has 5 heterocycles. The molecule has 274 valence electrons. The topological polar surface area (TPSA) is 139 Å². The Bertz CT molecular complexity index is 2110. The minimum Gasteiger partial charge on any atom is -0.481 e. The summed E-state index contributed by atoms with van der Waals surface area (Å²) in [6.45, 7) is 25.9. The van der Waals surface area contributed by atoms with Gasteiger partial charge in [0.15, 0.2) is 0 Å². The van der Waals surface area contributed by atoms with Gasteiger partial charge < -0.3 is 30.6 Å². The molecule has 0 atom stereocenters. The predicted molar refractivity (Wildman–Crippen MR) is 215 cm³/mol. The fourth-order valence-electron chi connectivity index (χ4n) is 7.05. The van der Waals surface area contributed by atoms with Crippen LogP contribution in [0.2, 0.25) is 0 Å². The van der Waals surface area contributed by atoms with E-state index in [1.54, 1.807) is 0 Å². The minimum atomic E-state index is -0.866. The molecule has 10 nitrogen and oxygen atoms in total. The Morgan fingerprint density at radius 3 is 1.79 bits per heavy atom. The van der Waals surface area contributed by atoms with Crippen LogP contribution in [-0.2, 0) is 9.59 Å². The molecule has 0 aliphatic carbocycles. The number of carboxylic acid groups (broad SMARTS) is 1. The highest BCUT2D eigenvalue weighted by Crippen LogP contribution is 2.38. The average molecular weight is 704 g/mol. The highest BCUT2D eigenvalue weighted by atomic mass is 16.4. The number of amides is 1. The molecule has 0 saturated carbocycles. The van der Waals surface area contributed by atoms with Crippen molar-refractivity contribution in [3.05, 3.63) is 82.5 Å². The number of fused-ring (bicyclic) bond motifs is 8. The maximum absolute atomic E-state index is 13.1. The number of likely N-dealkylation sites (N-methyl/N-ethyl adjacent to an activating group) is 1. The van der Waals surface area contributed by atoms with Crippen LogP contribution >= 0.6 is 0 Å². The number of carboxylic acids is 1. The van der Waals surface area contributed by atoms with E-state index in [1.807, 2.05) is 44.2 Å². The maximum atomic E-state index is 13.1. The molecule has 10 heteroatoms. The highest BCUT2D eigenvalue weighted by molar-refractivity contribution is 5.97. The standard InChI is InChI=1S/C42H53N7O3/c1-9-29-25(5)33-21-34-28(8)32(14-16-42(51)52)40(47-34)24-39-31(13-15-41(50)44-18-17-43-19-20-49(11-3)12-4)27(7)36(48-39)23-38-30(10-2)26(6)35(46-38)22-37(29)45-33/h9-10,21-24,43,45-46H,1-2,11-20H2,3-8H3,(H,44,50)(H,51,52). The third-order valence-electron chi connectivity index (χ3n) is 10.4. The lowest BCUT2D eigenvalue weighted by Crippen LogP contribution is -2.36. The summed E-state index contributed by atoms with van der Waals surface area (Å²) in [5.74, 6) is -0.884. The number of aliphatic carboxylic acids is 1. The molecule has 52 heavy (non-hydrogen) atoms. The van der Waals surface area contributed by atoms with Gasteiger partial charge in [0.1, 0.15) is 0 Å². The molecule has 0 aromatic carbocycles. The van der Waals surface area contributed by atoms with Crippen molar-refractivity contribution in [1.82, 2.24) is 35.5 Å². The second-order valence-corrected chi connectivity index (χ2v) is 13.5. The zero-order valence-corrected chi connectivity index (χ0v) is 31.6. The zero-order valence-electron chi connectivity index (χ0n) is 31.6. The highest BCUT2D eigenvalue weighted by Gasteiger charge is 2.23. The van der Waals surface area contributed by atoms with Gasteiger partial charge in [0.25, 0.3) is 0 Å². The van der Waals surface area contributed by atoms with Gasteiger partial charge in [-0.15, -0.1) is 0 Å². The Kier molecular flexibility index (Phi) is 12.5. The van der Waals surface area contributed by atoms with Crippen molar-refractivity contribution in [2.45, 2.75) is 67.2 Å². The first-order valence-corrected chi connectivity index (χ1v) is 18.3. The van der Waals surface area contributed by atoms with Gasteiger partial charge in [0.05, 0.1) is 22.8 Å². The fourth-order valence-corrected chi connectivity index (χ4v) is 7.05. The lowest BCUT2D eigenvalue weighted by atomic mass is 9.98. The van der Waals surface area contributed by atoms with Crippen LogP contribution in [0.15, 0.2) is 37.4 Å². The number of aromatic nitrogens is 4. The SMILES string of the molecule is C=Cc1c(C)c2cc3[nH]c(cc4nc(cc5nc(cc1[nH]2)C(C)=C5CCC(=O)NCCNCCN(CC)CC)C(CCC(=O)O)=C4C)c(C)c3C=C. The van der Waals surface area contributed by atoms with Crippen molar-refractivity contribution in [2.24, 2.45) is 0 Å². The lowest BCUT2D eigenvalue weighted by Gasteiger charge is -2.18. The van der Waals surface area contributed by atoms with Gasteiger partial charge in [-0.25, -0.2) is 9.97 Å². The Balaban J connectivity index is 1.58. The van der Waals surface area contributed by atoms with Gasteiger partial charge in [-0.2, -0.15) is 0 Å². The quantitative estimate of drug-likeness (QED) is 0.0961. The summed E-state index contributed by atoms with van der Waals surface area (Å²) in [6.07, 6.45) is 4.84. The summed E-state index contributed by atoms with van der Waals surface area (Å²) in [5, 5.41) is 16.1. The molecule has 2 aliphatic heterocycles. The van der Waals surface area contributed by atoms with Crippen molar-refractivity contribution in [2.75, 3.05) is 39.3 Å². The van der Waals surface area contributed by atoms with Crippen LogP contribution in [0, 0.1) is 13.8 Å². The molecule has 0 radical (unpaired) electrons. The van der Waals surface area contributed by atoms with Crippen molar-refractivity contribution < 1.29 is 14.7 Å². The van der Waals surface area contributed by atoms with Crippen molar-refractivity contribution in [1.29, 1.82) is 0 Å². The monoisotopic (exact) mass is 703 g/mol. The molecule has 0 spiro atoms. The van der Waals surface area contributed by atoms with Crippen LogP contribution in [0.5, 0.6) is 0 Å². The second-order valence-electron chi connectivity index (χ2n) is 13.5. The van der Waals surface area contributed by atoms with Crippen LogP contribution in [0.25, 0.3) is 56.5 Å². The summed E-state index contributed by atoms with van der Waals surface area (Å²) in [4.78, 5) is 44.5. The number of rotatable bonds is 16. The summed E-state index contributed by atoms with van der Waals surface area (Å²) in [5.41, 5.74) is 14.5.